The number of anilines is 2. The molecule has 0 spiro atoms. The van der Waals surface area contributed by atoms with E-state index in [-0.39, 0.29) is 23.8 Å². The summed E-state index contributed by atoms with van der Waals surface area (Å²) in [6.07, 6.45) is 0.759. The van der Waals surface area contributed by atoms with Crippen molar-refractivity contribution in [2.75, 3.05) is 9.91 Å². The Kier molecular flexibility index (Phi) is 4.69. The largest absolute Gasteiger partial charge is 0.370 e. The second-order valence-corrected chi connectivity index (χ2v) is 10.5. The summed E-state index contributed by atoms with van der Waals surface area (Å²) >= 11 is 0. The van der Waals surface area contributed by atoms with Gasteiger partial charge in [0.1, 0.15) is 5.69 Å². The summed E-state index contributed by atoms with van der Waals surface area (Å²) < 4.78 is 6.50. The fourth-order valence-corrected chi connectivity index (χ4v) is 6.66. The van der Waals surface area contributed by atoms with Crippen LogP contribution >= 0.6 is 0 Å². The Morgan fingerprint density at radius 1 is 0.718 bits per heavy atom. The first-order valence-corrected chi connectivity index (χ1v) is 13.1. The minimum Gasteiger partial charge on any atom is -0.370 e. The summed E-state index contributed by atoms with van der Waals surface area (Å²) in [5.74, 6) is -1.74. The Bertz CT molecular complexity index is 1630. The van der Waals surface area contributed by atoms with Crippen LogP contribution < -0.4 is 9.91 Å². The number of para-hydroxylation sites is 2. The molecule has 2 bridgehead atoms. The van der Waals surface area contributed by atoms with Crippen molar-refractivity contribution in [2.45, 2.75) is 25.2 Å². The maximum absolute atomic E-state index is 13.8. The van der Waals surface area contributed by atoms with Gasteiger partial charge < -0.3 is 4.74 Å². The van der Waals surface area contributed by atoms with E-state index < -0.39 is 24.0 Å². The quantitative estimate of drug-likeness (QED) is 0.386. The van der Waals surface area contributed by atoms with Crippen LogP contribution in [0.25, 0.3) is 5.69 Å². The molecule has 3 fully saturated rings. The van der Waals surface area contributed by atoms with Crippen molar-refractivity contribution < 1.29 is 14.3 Å². The summed E-state index contributed by atoms with van der Waals surface area (Å²) in [7, 11) is 0. The average Bonchev–Trinajstić information content (AvgIpc) is 3.78. The molecule has 2 amide bonds. The second-order valence-electron chi connectivity index (χ2n) is 10.5. The fourth-order valence-electron chi connectivity index (χ4n) is 6.66. The number of nitrogens with zero attached hydrogens (tertiary/aromatic N) is 6. The van der Waals surface area contributed by atoms with Crippen LogP contribution in [0.15, 0.2) is 96.2 Å². The van der Waals surface area contributed by atoms with Crippen molar-refractivity contribution in [1.29, 1.82) is 0 Å². The third kappa shape index (κ3) is 3.13. The molecule has 4 aliphatic heterocycles. The fraction of sp³-hybridized carbons (Fsp3) is 0.233. The zero-order valence-electron chi connectivity index (χ0n) is 21.0. The Labute approximate surface area is 224 Å². The van der Waals surface area contributed by atoms with Crippen molar-refractivity contribution >= 4 is 28.9 Å². The molecule has 3 aromatic carbocycles. The number of aromatic nitrogens is 3. The third-order valence-electron chi connectivity index (χ3n) is 8.35. The van der Waals surface area contributed by atoms with E-state index in [1.807, 2.05) is 96.9 Å². The van der Waals surface area contributed by atoms with E-state index in [1.54, 1.807) is 11.0 Å². The lowest BCUT2D eigenvalue weighted by atomic mass is 9.70. The van der Waals surface area contributed by atoms with E-state index in [0.29, 0.717) is 11.4 Å². The molecule has 0 aliphatic carbocycles. The number of fused-ring (bicyclic) bond motifs is 8. The number of aryl methyl sites for hydroxylation is 1. The predicted molar refractivity (Wildman–Crippen MR) is 143 cm³/mol. The van der Waals surface area contributed by atoms with Gasteiger partial charge in [-0.3, -0.25) is 14.6 Å². The lowest BCUT2D eigenvalue weighted by molar-refractivity contribution is -0.125. The van der Waals surface area contributed by atoms with Crippen LogP contribution in [0, 0.1) is 24.7 Å². The number of imide groups is 1. The molecule has 192 valence electrons. The van der Waals surface area contributed by atoms with Gasteiger partial charge >= 0.3 is 0 Å². The number of hydrazone groups is 1. The molecule has 0 saturated carbocycles. The molecule has 3 saturated heterocycles. The van der Waals surface area contributed by atoms with Crippen molar-refractivity contribution in [1.82, 2.24) is 15.0 Å². The first-order chi connectivity index (χ1) is 19.1. The molecule has 4 aromatic rings. The summed E-state index contributed by atoms with van der Waals surface area (Å²) in [5, 5.41) is 16.2. The van der Waals surface area contributed by atoms with E-state index in [1.165, 1.54) is 4.90 Å². The molecule has 9 nitrogen and oxygen atoms in total. The number of benzene rings is 3. The second kappa shape index (κ2) is 8.18. The van der Waals surface area contributed by atoms with Crippen molar-refractivity contribution in [3.63, 3.8) is 0 Å². The number of amides is 2. The predicted octanol–water partition coefficient (Wildman–Crippen LogP) is 3.37. The van der Waals surface area contributed by atoms with Gasteiger partial charge in [0, 0.05) is 0 Å². The van der Waals surface area contributed by atoms with Crippen molar-refractivity contribution in [3.8, 4) is 5.69 Å². The van der Waals surface area contributed by atoms with E-state index in [9.17, 15) is 9.59 Å². The molecule has 0 radical (unpaired) electrons. The third-order valence-corrected chi connectivity index (χ3v) is 8.35. The molecule has 9 heteroatoms. The molecule has 1 aromatic heterocycles. The van der Waals surface area contributed by atoms with Crippen LogP contribution in [-0.2, 0) is 14.3 Å². The summed E-state index contributed by atoms with van der Waals surface area (Å²) in [6.45, 7) is 1.98. The standard InChI is InChI=1S/C30H24N6O3/c1-17-12-14-18(15-13-17)34-29(37)22-23(30(34)38)28-26-24(27(22)39-28)25(33-35(26)19-8-4-2-5-9-19)21-16-31-36(32-21)20-10-6-3-7-11-20/h2-16,22-24,26-28H,1H3. The van der Waals surface area contributed by atoms with E-state index in [2.05, 4.69) is 5.10 Å². The van der Waals surface area contributed by atoms with Gasteiger partial charge in [-0.1, -0.05) is 54.1 Å². The maximum Gasteiger partial charge on any atom is 0.240 e. The van der Waals surface area contributed by atoms with Gasteiger partial charge in [-0.05, 0) is 43.3 Å². The van der Waals surface area contributed by atoms with Crippen LogP contribution in [-0.4, -0.2) is 50.8 Å². The Morgan fingerprint density at radius 3 is 2.05 bits per heavy atom. The highest BCUT2D eigenvalue weighted by Gasteiger charge is 2.72. The molecule has 4 aliphatic rings. The first kappa shape index (κ1) is 22.4. The molecule has 6 unspecified atom stereocenters. The van der Waals surface area contributed by atoms with E-state index >= 15 is 0 Å². The average molecular weight is 517 g/mol. The van der Waals surface area contributed by atoms with Gasteiger partial charge in [0.15, 0.2) is 0 Å². The Morgan fingerprint density at radius 2 is 1.36 bits per heavy atom. The normalized spacial score (nSPS) is 28.7. The number of rotatable bonds is 4. The zero-order chi connectivity index (χ0) is 26.2. The van der Waals surface area contributed by atoms with Crippen LogP contribution in [0.2, 0.25) is 0 Å². The smallest absolute Gasteiger partial charge is 0.240 e. The highest BCUT2D eigenvalue weighted by Crippen LogP contribution is 2.56. The van der Waals surface area contributed by atoms with Crippen LogP contribution in [0.3, 0.4) is 0 Å². The number of ether oxygens (including phenoxy) is 1. The molecule has 6 atom stereocenters. The first-order valence-electron chi connectivity index (χ1n) is 13.1. The van der Waals surface area contributed by atoms with Gasteiger partial charge in [0.2, 0.25) is 11.8 Å². The molecule has 8 rings (SSSR count). The van der Waals surface area contributed by atoms with Gasteiger partial charge in [-0.25, -0.2) is 4.90 Å². The highest BCUT2D eigenvalue weighted by atomic mass is 16.5. The van der Waals surface area contributed by atoms with Crippen molar-refractivity contribution in [3.05, 3.63) is 102 Å². The van der Waals surface area contributed by atoms with Gasteiger partial charge in [0.05, 0.1) is 65.0 Å². The summed E-state index contributed by atoms with van der Waals surface area (Å²) in [5.41, 5.74) is 4.78. The van der Waals surface area contributed by atoms with Crippen LogP contribution in [0.5, 0.6) is 0 Å². The maximum atomic E-state index is 13.8. The van der Waals surface area contributed by atoms with E-state index in [4.69, 9.17) is 14.9 Å². The number of hydrogen-bond donors (Lipinski definition) is 0. The molecule has 0 N–H and O–H groups in total. The minimum atomic E-state index is -0.560. The Hall–Kier alpha value is -4.63. The van der Waals surface area contributed by atoms with Gasteiger partial charge in [0.25, 0.3) is 0 Å². The number of carbonyl (C=O) groups excluding carboxylic acids is 2. The van der Waals surface area contributed by atoms with Gasteiger partial charge in [-0.2, -0.15) is 15.0 Å². The summed E-state index contributed by atoms with van der Waals surface area (Å²) in [6, 6.07) is 26.8. The zero-order valence-corrected chi connectivity index (χ0v) is 21.0. The topological polar surface area (TPSA) is 92.9 Å². The number of hydrogen-bond acceptors (Lipinski definition) is 7. The van der Waals surface area contributed by atoms with Crippen molar-refractivity contribution in [2.24, 2.45) is 22.9 Å². The molecular formula is C30H24N6O3. The molecule has 39 heavy (non-hydrogen) atoms. The van der Waals surface area contributed by atoms with Crippen LogP contribution in [0.1, 0.15) is 11.3 Å². The van der Waals surface area contributed by atoms with Crippen LogP contribution in [0.4, 0.5) is 11.4 Å². The van der Waals surface area contributed by atoms with E-state index in [0.717, 1.165) is 22.6 Å². The monoisotopic (exact) mass is 516 g/mol. The SMILES string of the molecule is Cc1ccc(N2C(=O)C3C4OC(C3C2=O)C2C4C(c3cnn(-c4ccccc4)n3)=NN2c2ccccc2)cc1. The highest BCUT2D eigenvalue weighted by molar-refractivity contribution is 6.23. The molecule has 5 heterocycles. The lowest BCUT2D eigenvalue weighted by Gasteiger charge is -2.32. The Balaban J connectivity index is 1.20. The van der Waals surface area contributed by atoms with Gasteiger partial charge in [-0.15, -0.1) is 5.10 Å². The lowest BCUT2D eigenvalue weighted by Crippen LogP contribution is -2.50. The number of carbonyl (C=O) groups is 2. The molecular weight excluding hydrogens is 492 g/mol. The summed E-state index contributed by atoms with van der Waals surface area (Å²) in [4.78, 5) is 30.5. The minimum absolute atomic E-state index is 0.198.